The maximum atomic E-state index is 12.1. The van der Waals surface area contributed by atoms with Crippen LogP contribution in [0.5, 0.6) is 0 Å². The minimum Gasteiger partial charge on any atom is -0.392 e. The van der Waals surface area contributed by atoms with E-state index in [-0.39, 0.29) is 11.8 Å². The number of nitrogens with one attached hydrogen (secondary N) is 2. The number of carbonyl (C=O) groups is 1. The van der Waals surface area contributed by atoms with Crippen LogP contribution in [0.3, 0.4) is 0 Å². The number of hydrogen-bond acceptors (Lipinski definition) is 3. The van der Waals surface area contributed by atoms with E-state index in [1.807, 2.05) is 12.1 Å². The third kappa shape index (κ3) is 2.71. The quantitative estimate of drug-likeness (QED) is 0.737. The average Bonchev–Trinajstić information content (AvgIpc) is 2.36. The predicted molar refractivity (Wildman–Crippen MR) is 70.3 cm³/mol. The van der Waals surface area contributed by atoms with E-state index in [0.29, 0.717) is 13.1 Å². The van der Waals surface area contributed by atoms with E-state index in [4.69, 9.17) is 0 Å². The Kier molecular flexibility index (Phi) is 3.99. The van der Waals surface area contributed by atoms with Crippen LogP contribution in [0.15, 0.2) is 18.2 Å². The molecule has 1 heterocycles. The summed E-state index contributed by atoms with van der Waals surface area (Å²) in [7, 11) is 0. The van der Waals surface area contributed by atoms with Crippen LogP contribution in [0.2, 0.25) is 0 Å². The van der Waals surface area contributed by atoms with Crippen molar-refractivity contribution in [3.05, 3.63) is 34.9 Å². The van der Waals surface area contributed by atoms with Crippen molar-refractivity contribution in [1.29, 1.82) is 0 Å². The van der Waals surface area contributed by atoms with Crippen LogP contribution in [0.1, 0.15) is 29.5 Å². The molecule has 2 unspecified atom stereocenters. The Labute approximate surface area is 107 Å². The second kappa shape index (κ2) is 5.50. The third-order valence-electron chi connectivity index (χ3n) is 3.36. The summed E-state index contributed by atoms with van der Waals surface area (Å²) in [5.74, 6) is -0.178. The molecule has 4 nitrogen and oxygen atoms in total. The molecule has 1 aliphatic rings. The van der Waals surface area contributed by atoms with Crippen LogP contribution in [0.4, 0.5) is 0 Å². The molecular weight excluding hydrogens is 228 g/mol. The van der Waals surface area contributed by atoms with Gasteiger partial charge >= 0.3 is 0 Å². The van der Waals surface area contributed by atoms with Crippen molar-refractivity contribution in [2.75, 3.05) is 13.1 Å². The molecule has 0 radical (unpaired) electrons. The van der Waals surface area contributed by atoms with Crippen LogP contribution < -0.4 is 10.6 Å². The molecule has 0 spiro atoms. The molecule has 1 amide bonds. The van der Waals surface area contributed by atoms with E-state index in [0.717, 1.165) is 12.1 Å². The lowest BCUT2D eigenvalue weighted by atomic mass is 9.88. The monoisotopic (exact) mass is 248 g/mol. The lowest BCUT2D eigenvalue weighted by molar-refractivity contribution is -0.123. The summed E-state index contributed by atoms with van der Waals surface area (Å²) in [4.78, 5) is 12.1. The van der Waals surface area contributed by atoms with Crippen molar-refractivity contribution in [2.45, 2.75) is 32.4 Å². The highest BCUT2D eigenvalue weighted by Crippen LogP contribution is 2.26. The molecule has 0 aliphatic carbocycles. The van der Waals surface area contributed by atoms with Crippen LogP contribution >= 0.6 is 0 Å². The number of aliphatic hydroxyl groups is 1. The highest BCUT2D eigenvalue weighted by atomic mass is 16.3. The lowest BCUT2D eigenvalue weighted by Crippen LogP contribution is -2.41. The minimum absolute atomic E-state index is 0.0186. The summed E-state index contributed by atoms with van der Waals surface area (Å²) in [6.07, 6.45) is -0.512. The number of aliphatic hydroxyl groups excluding tert-OH is 1. The Morgan fingerprint density at radius 2 is 2.39 bits per heavy atom. The van der Waals surface area contributed by atoms with Crippen LogP contribution in [0, 0.1) is 6.92 Å². The van der Waals surface area contributed by atoms with Gasteiger partial charge in [-0.3, -0.25) is 4.79 Å². The largest absolute Gasteiger partial charge is 0.392 e. The molecule has 1 aliphatic heterocycles. The number of aryl methyl sites for hydroxylation is 1. The average molecular weight is 248 g/mol. The fraction of sp³-hybridized carbons (Fsp3) is 0.500. The molecular formula is C14H20N2O2. The molecule has 0 fully saturated rings. The van der Waals surface area contributed by atoms with Crippen molar-refractivity contribution in [2.24, 2.45) is 0 Å². The summed E-state index contributed by atoms with van der Waals surface area (Å²) in [5, 5.41) is 15.3. The first-order valence-corrected chi connectivity index (χ1v) is 6.34. The first kappa shape index (κ1) is 13.1. The Hall–Kier alpha value is -1.39. The number of hydrogen-bond donors (Lipinski definition) is 3. The molecule has 2 rings (SSSR count). The van der Waals surface area contributed by atoms with Gasteiger partial charge in [0.1, 0.15) is 0 Å². The molecule has 0 bridgehead atoms. The predicted octanol–water partition coefficient (Wildman–Crippen LogP) is 0.679. The zero-order valence-corrected chi connectivity index (χ0v) is 10.9. The minimum atomic E-state index is -0.512. The highest BCUT2D eigenvalue weighted by molar-refractivity contribution is 5.84. The maximum absolute atomic E-state index is 12.1. The van der Waals surface area contributed by atoms with Gasteiger partial charge in [0.2, 0.25) is 5.91 Å². The zero-order valence-electron chi connectivity index (χ0n) is 10.9. The Morgan fingerprint density at radius 3 is 3.11 bits per heavy atom. The van der Waals surface area contributed by atoms with Crippen LogP contribution in [-0.2, 0) is 11.3 Å². The molecule has 2 atom stereocenters. The number of fused-ring (bicyclic) bond motifs is 1. The number of amides is 1. The van der Waals surface area contributed by atoms with E-state index < -0.39 is 6.10 Å². The van der Waals surface area contributed by atoms with Gasteiger partial charge < -0.3 is 15.7 Å². The molecule has 0 saturated heterocycles. The standard InChI is InChI=1S/C14H20N2O2/c1-9-4-3-5-11-12(9)7-15-8-13(11)14(18)16-6-10(2)17/h3-5,10,13,15,17H,6-8H2,1-2H3,(H,16,18). The summed E-state index contributed by atoms with van der Waals surface area (Å²) in [5.41, 5.74) is 3.55. The second-order valence-corrected chi connectivity index (χ2v) is 4.92. The van der Waals surface area contributed by atoms with Gasteiger partial charge in [0.25, 0.3) is 0 Å². The fourth-order valence-electron chi connectivity index (χ4n) is 2.35. The van der Waals surface area contributed by atoms with Crippen molar-refractivity contribution in [3.8, 4) is 0 Å². The summed E-state index contributed by atoms with van der Waals surface area (Å²) in [6.45, 7) is 5.51. The van der Waals surface area contributed by atoms with Gasteiger partial charge in [0.05, 0.1) is 12.0 Å². The topological polar surface area (TPSA) is 61.4 Å². The molecule has 0 aromatic heterocycles. The lowest BCUT2D eigenvalue weighted by Gasteiger charge is -2.27. The summed E-state index contributed by atoms with van der Waals surface area (Å²) in [6, 6.07) is 6.08. The van der Waals surface area contributed by atoms with Crippen molar-refractivity contribution >= 4 is 5.91 Å². The van der Waals surface area contributed by atoms with Gasteiger partial charge in [0, 0.05) is 19.6 Å². The maximum Gasteiger partial charge on any atom is 0.228 e. The zero-order chi connectivity index (χ0) is 13.1. The smallest absolute Gasteiger partial charge is 0.228 e. The van der Waals surface area contributed by atoms with E-state index in [1.165, 1.54) is 11.1 Å². The highest BCUT2D eigenvalue weighted by Gasteiger charge is 2.26. The van der Waals surface area contributed by atoms with Crippen LogP contribution in [0.25, 0.3) is 0 Å². The molecule has 3 N–H and O–H groups in total. The Morgan fingerprint density at radius 1 is 1.61 bits per heavy atom. The van der Waals surface area contributed by atoms with Crippen molar-refractivity contribution in [3.63, 3.8) is 0 Å². The third-order valence-corrected chi connectivity index (χ3v) is 3.36. The van der Waals surface area contributed by atoms with Crippen LogP contribution in [-0.4, -0.2) is 30.2 Å². The SMILES string of the molecule is Cc1cccc2c1CNCC2C(=O)NCC(C)O. The van der Waals surface area contributed by atoms with E-state index in [1.54, 1.807) is 6.92 Å². The Balaban J connectivity index is 2.17. The molecule has 1 aromatic rings. The van der Waals surface area contributed by atoms with Gasteiger partial charge in [-0.2, -0.15) is 0 Å². The summed E-state index contributed by atoms with van der Waals surface area (Å²) < 4.78 is 0. The van der Waals surface area contributed by atoms with Gasteiger partial charge in [0.15, 0.2) is 0 Å². The Bertz CT molecular complexity index is 443. The molecule has 0 saturated carbocycles. The summed E-state index contributed by atoms with van der Waals surface area (Å²) >= 11 is 0. The van der Waals surface area contributed by atoms with Gasteiger partial charge in [-0.25, -0.2) is 0 Å². The molecule has 1 aromatic carbocycles. The molecule has 18 heavy (non-hydrogen) atoms. The van der Waals surface area contributed by atoms with E-state index in [9.17, 15) is 9.90 Å². The van der Waals surface area contributed by atoms with Crippen molar-refractivity contribution in [1.82, 2.24) is 10.6 Å². The van der Waals surface area contributed by atoms with Gasteiger partial charge in [-0.15, -0.1) is 0 Å². The van der Waals surface area contributed by atoms with E-state index in [2.05, 4.69) is 23.6 Å². The normalized spacial score (nSPS) is 20.1. The number of rotatable bonds is 3. The number of carbonyl (C=O) groups excluding carboxylic acids is 1. The van der Waals surface area contributed by atoms with Crippen molar-refractivity contribution < 1.29 is 9.90 Å². The second-order valence-electron chi connectivity index (χ2n) is 4.92. The van der Waals surface area contributed by atoms with Gasteiger partial charge in [-0.05, 0) is 30.5 Å². The molecule has 98 valence electrons. The number of benzene rings is 1. The molecule has 4 heteroatoms. The first-order chi connectivity index (χ1) is 8.59. The first-order valence-electron chi connectivity index (χ1n) is 6.34. The fourth-order valence-corrected chi connectivity index (χ4v) is 2.35. The van der Waals surface area contributed by atoms with Gasteiger partial charge in [-0.1, -0.05) is 18.2 Å². The van der Waals surface area contributed by atoms with E-state index >= 15 is 0 Å².